The van der Waals surface area contributed by atoms with Gasteiger partial charge in [-0.05, 0) is 20.8 Å². The summed E-state index contributed by atoms with van der Waals surface area (Å²) in [5, 5.41) is 8.76. The average Bonchev–Trinajstić information content (AvgIpc) is 2.69. The fourth-order valence-corrected chi connectivity index (χ4v) is 2.90. The molecule has 8 heteroatoms. The molecule has 0 amide bonds. The lowest BCUT2D eigenvalue weighted by Gasteiger charge is -2.13. The van der Waals surface area contributed by atoms with E-state index in [9.17, 15) is 13.2 Å². The highest BCUT2D eigenvalue weighted by atomic mass is 32.2. The van der Waals surface area contributed by atoms with Crippen molar-refractivity contribution in [2.75, 3.05) is 13.2 Å². The Morgan fingerprint density at radius 1 is 1.58 bits per heavy atom. The summed E-state index contributed by atoms with van der Waals surface area (Å²) in [6, 6.07) is 0.570. The molecule has 7 nitrogen and oxygen atoms in total. The lowest BCUT2D eigenvalue weighted by Crippen LogP contribution is -2.36. The van der Waals surface area contributed by atoms with Crippen molar-refractivity contribution in [2.24, 2.45) is 0 Å². The normalized spacial score (nSPS) is 13.4. The molecule has 0 saturated heterocycles. The van der Waals surface area contributed by atoms with Crippen LogP contribution in [0.2, 0.25) is 0 Å². The molecule has 0 radical (unpaired) electrons. The number of ether oxygens (including phenoxy) is 1. The predicted molar refractivity (Wildman–Crippen MR) is 66.7 cm³/mol. The number of aryl methyl sites for hydroxylation is 1. The molecule has 19 heavy (non-hydrogen) atoms. The van der Waals surface area contributed by atoms with Gasteiger partial charge in [-0.2, -0.15) is 0 Å². The van der Waals surface area contributed by atoms with Crippen molar-refractivity contribution in [3.63, 3.8) is 0 Å². The molecule has 1 rings (SSSR count). The highest BCUT2D eigenvalue weighted by Gasteiger charge is 2.25. The summed E-state index contributed by atoms with van der Waals surface area (Å²) < 4.78 is 36.5. The van der Waals surface area contributed by atoms with Gasteiger partial charge in [0.15, 0.2) is 0 Å². The minimum absolute atomic E-state index is 0.0357. The summed E-state index contributed by atoms with van der Waals surface area (Å²) in [5.41, 5.74) is 0. The van der Waals surface area contributed by atoms with Crippen LogP contribution in [0.5, 0.6) is 0 Å². The van der Waals surface area contributed by atoms with Gasteiger partial charge in [-0.15, -0.1) is 0 Å². The van der Waals surface area contributed by atoms with Crippen LogP contribution in [-0.4, -0.2) is 38.7 Å². The average molecular weight is 291 g/mol. The maximum absolute atomic E-state index is 12.0. The van der Waals surface area contributed by atoms with Gasteiger partial charge in [0.25, 0.3) is 0 Å². The Labute approximate surface area is 111 Å². The Kier molecular flexibility index (Phi) is 5.10. The summed E-state index contributed by atoms with van der Waals surface area (Å²) in [6.45, 7) is 5.58. The lowest BCUT2D eigenvalue weighted by atomic mass is 10.4. The van der Waals surface area contributed by atoms with Crippen LogP contribution in [0, 0.1) is 6.92 Å². The van der Waals surface area contributed by atoms with Crippen LogP contribution in [0.1, 0.15) is 30.2 Å². The van der Waals surface area contributed by atoms with E-state index in [1.165, 1.54) is 6.92 Å². The van der Waals surface area contributed by atoms with Gasteiger partial charge in [0.2, 0.25) is 15.8 Å². The topological polar surface area (TPSA) is 106 Å². The third-order valence-electron chi connectivity index (χ3n) is 2.30. The summed E-state index contributed by atoms with van der Waals surface area (Å²) in [4.78, 5) is 10.6. The number of sulfonamides is 1. The molecule has 2 N–H and O–H groups in total. The maximum atomic E-state index is 12.0. The van der Waals surface area contributed by atoms with Gasteiger partial charge in [0, 0.05) is 18.7 Å². The van der Waals surface area contributed by atoms with Gasteiger partial charge in [-0.25, -0.2) is 17.9 Å². The first-order valence-corrected chi connectivity index (χ1v) is 7.20. The number of furan rings is 1. The van der Waals surface area contributed by atoms with Crippen LogP contribution in [-0.2, 0) is 14.8 Å². The molecule has 0 fully saturated rings. The fourth-order valence-electron chi connectivity index (χ4n) is 1.49. The molecule has 108 valence electrons. The highest BCUT2D eigenvalue weighted by molar-refractivity contribution is 7.89. The molecule has 0 aliphatic carbocycles. The molecule has 0 bridgehead atoms. The van der Waals surface area contributed by atoms with E-state index >= 15 is 0 Å². The Morgan fingerprint density at radius 2 is 2.21 bits per heavy atom. The van der Waals surface area contributed by atoms with Crippen molar-refractivity contribution in [3.8, 4) is 0 Å². The summed E-state index contributed by atoms with van der Waals surface area (Å²) in [7, 11) is -3.82. The standard InChI is InChI=1S/C11H17NO6S/c1-4-17-6-7(2)12-19(15,16)10-5-9(11(13)14)18-8(10)3/h5,7,12H,4,6H2,1-3H3,(H,13,14). The Balaban J connectivity index is 2.91. The Morgan fingerprint density at radius 3 is 2.68 bits per heavy atom. The second-order valence-electron chi connectivity index (χ2n) is 4.02. The van der Waals surface area contributed by atoms with E-state index in [0.717, 1.165) is 6.07 Å². The zero-order chi connectivity index (χ0) is 14.6. The Hall–Kier alpha value is -1.38. The molecule has 1 aromatic rings. The highest BCUT2D eigenvalue weighted by Crippen LogP contribution is 2.20. The van der Waals surface area contributed by atoms with E-state index < -0.39 is 27.8 Å². The summed E-state index contributed by atoms with van der Waals surface area (Å²) in [6.07, 6.45) is 0. The molecule has 1 heterocycles. The molecule has 0 aromatic carbocycles. The van der Waals surface area contributed by atoms with Crippen molar-refractivity contribution in [2.45, 2.75) is 31.7 Å². The monoisotopic (exact) mass is 291 g/mol. The molecule has 1 unspecified atom stereocenters. The van der Waals surface area contributed by atoms with Crippen LogP contribution in [0.4, 0.5) is 0 Å². The molecular formula is C11H17NO6S. The third kappa shape index (κ3) is 4.05. The molecular weight excluding hydrogens is 274 g/mol. The Bertz CT molecular complexity index is 548. The number of nitrogens with one attached hydrogen (secondary N) is 1. The molecule has 0 saturated carbocycles. The van der Waals surface area contributed by atoms with Gasteiger partial charge < -0.3 is 14.3 Å². The van der Waals surface area contributed by atoms with E-state index in [1.54, 1.807) is 13.8 Å². The number of rotatable bonds is 7. The van der Waals surface area contributed by atoms with E-state index in [1.807, 2.05) is 0 Å². The smallest absolute Gasteiger partial charge is 0.371 e. The maximum Gasteiger partial charge on any atom is 0.371 e. The minimum Gasteiger partial charge on any atom is -0.475 e. The van der Waals surface area contributed by atoms with Crippen molar-refractivity contribution in [1.82, 2.24) is 4.72 Å². The first-order chi connectivity index (χ1) is 8.77. The first kappa shape index (κ1) is 15.7. The van der Waals surface area contributed by atoms with Gasteiger partial charge >= 0.3 is 5.97 Å². The van der Waals surface area contributed by atoms with Crippen LogP contribution in [0.25, 0.3) is 0 Å². The molecule has 0 aliphatic rings. The number of carboxylic acids is 1. The molecule has 1 aromatic heterocycles. The van der Waals surface area contributed by atoms with E-state index in [4.69, 9.17) is 14.3 Å². The largest absolute Gasteiger partial charge is 0.475 e. The zero-order valence-corrected chi connectivity index (χ0v) is 11.8. The third-order valence-corrected chi connectivity index (χ3v) is 4.00. The van der Waals surface area contributed by atoms with Gasteiger partial charge in [-0.3, -0.25) is 0 Å². The number of carboxylic acid groups (broad SMARTS) is 1. The number of hydrogen-bond donors (Lipinski definition) is 2. The van der Waals surface area contributed by atoms with Gasteiger partial charge in [-0.1, -0.05) is 0 Å². The van der Waals surface area contributed by atoms with Crippen LogP contribution in [0.3, 0.4) is 0 Å². The molecule has 1 atom stereocenters. The molecule has 0 spiro atoms. The summed E-state index contributed by atoms with van der Waals surface area (Å²) in [5.74, 6) is -1.68. The second-order valence-corrected chi connectivity index (χ2v) is 5.70. The van der Waals surface area contributed by atoms with E-state index in [-0.39, 0.29) is 17.3 Å². The van der Waals surface area contributed by atoms with Crippen LogP contribution < -0.4 is 4.72 Å². The van der Waals surface area contributed by atoms with Crippen LogP contribution in [0.15, 0.2) is 15.4 Å². The van der Waals surface area contributed by atoms with Crippen molar-refractivity contribution >= 4 is 16.0 Å². The SMILES string of the molecule is CCOCC(C)NS(=O)(=O)c1cc(C(=O)O)oc1C. The van der Waals surface area contributed by atoms with E-state index in [0.29, 0.717) is 6.61 Å². The lowest BCUT2D eigenvalue weighted by molar-refractivity contribution is 0.0661. The fraction of sp³-hybridized carbons (Fsp3) is 0.545. The summed E-state index contributed by atoms with van der Waals surface area (Å²) >= 11 is 0. The van der Waals surface area contributed by atoms with Gasteiger partial charge in [0.1, 0.15) is 10.7 Å². The van der Waals surface area contributed by atoms with Crippen molar-refractivity contribution in [3.05, 3.63) is 17.6 Å². The number of aromatic carboxylic acids is 1. The van der Waals surface area contributed by atoms with Crippen LogP contribution >= 0.6 is 0 Å². The van der Waals surface area contributed by atoms with Crippen molar-refractivity contribution < 1.29 is 27.5 Å². The van der Waals surface area contributed by atoms with Gasteiger partial charge in [0.05, 0.1) is 6.61 Å². The number of hydrogen-bond acceptors (Lipinski definition) is 5. The first-order valence-electron chi connectivity index (χ1n) is 5.71. The predicted octanol–water partition coefficient (Wildman–Crippen LogP) is 0.990. The zero-order valence-electron chi connectivity index (χ0n) is 11.0. The second kappa shape index (κ2) is 6.18. The minimum atomic E-state index is -3.82. The number of carbonyl (C=O) groups is 1. The van der Waals surface area contributed by atoms with Crippen molar-refractivity contribution in [1.29, 1.82) is 0 Å². The quantitative estimate of drug-likeness (QED) is 0.776. The van der Waals surface area contributed by atoms with E-state index in [2.05, 4.69) is 4.72 Å². The molecule has 0 aliphatic heterocycles.